The lowest BCUT2D eigenvalue weighted by atomic mass is 10.5. The average Bonchev–Trinajstić information content (AvgIpc) is 2.47. The average molecular weight is 150 g/mol. The van der Waals surface area contributed by atoms with Crippen molar-refractivity contribution in [3.8, 4) is 0 Å². The quantitative estimate of drug-likeness (QED) is 0.610. The number of aliphatic hydroxyl groups excluding tert-OH is 1. The Labute approximate surface area is 62.3 Å². The molecule has 0 saturated carbocycles. The van der Waals surface area contributed by atoms with Crippen molar-refractivity contribution in [1.82, 2.24) is 20.0 Å². The van der Waals surface area contributed by atoms with Crippen LogP contribution in [0, 0.1) is 0 Å². The smallest absolute Gasteiger partial charge is 0.119 e. The molecule has 0 aliphatic heterocycles. The van der Waals surface area contributed by atoms with E-state index < -0.39 is 0 Å². The van der Waals surface area contributed by atoms with E-state index in [1.165, 1.54) is 0 Å². The van der Waals surface area contributed by atoms with E-state index in [1.54, 1.807) is 23.0 Å². The Morgan fingerprint density at radius 3 is 3.27 bits per heavy atom. The normalized spacial score (nSPS) is 10.6. The second kappa shape index (κ2) is 2.28. The maximum absolute atomic E-state index is 8.81. The first-order valence-electron chi connectivity index (χ1n) is 3.16. The third-order valence-electron chi connectivity index (χ3n) is 1.52. The van der Waals surface area contributed by atoms with Gasteiger partial charge in [0.1, 0.15) is 12.2 Å². The van der Waals surface area contributed by atoms with Crippen molar-refractivity contribution in [2.24, 2.45) is 0 Å². The molecule has 0 bridgehead atoms. The topological polar surface area (TPSA) is 63.8 Å². The van der Waals surface area contributed by atoms with Gasteiger partial charge in [0.2, 0.25) is 0 Å². The molecular weight excluding hydrogens is 144 g/mol. The molecule has 0 unspecified atom stereocenters. The molecule has 2 aromatic rings. The molecule has 2 aromatic heterocycles. The zero-order chi connectivity index (χ0) is 7.68. The molecule has 1 N–H and O–H groups in total. The van der Waals surface area contributed by atoms with E-state index in [1.807, 2.05) is 0 Å². The first-order valence-corrected chi connectivity index (χ1v) is 3.16. The van der Waals surface area contributed by atoms with Crippen molar-refractivity contribution in [3.63, 3.8) is 0 Å². The summed E-state index contributed by atoms with van der Waals surface area (Å²) in [4.78, 5) is 0. The highest BCUT2D eigenvalue weighted by molar-refractivity contribution is 5.73. The lowest BCUT2D eigenvalue weighted by Crippen LogP contribution is -1.95. The fourth-order valence-electron chi connectivity index (χ4n) is 0.976. The van der Waals surface area contributed by atoms with Crippen LogP contribution in [-0.2, 0) is 6.73 Å². The second-order valence-electron chi connectivity index (χ2n) is 2.13. The fraction of sp³-hybridized carbons (Fsp3) is 0.167. The van der Waals surface area contributed by atoms with E-state index in [0.29, 0.717) is 0 Å². The molecule has 5 heteroatoms. The van der Waals surface area contributed by atoms with E-state index in [2.05, 4.69) is 15.4 Å². The lowest BCUT2D eigenvalue weighted by molar-refractivity contribution is 0.215. The van der Waals surface area contributed by atoms with Gasteiger partial charge in [-0.2, -0.15) is 0 Å². The Kier molecular flexibility index (Phi) is 1.29. The first-order chi connectivity index (χ1) is 5.42. The summed E-state index contributed by atoms with van der Waals surface area (Å²) in [6.45, 7) is -0.0587. The van der Waals surface area contributed by atoms with Gasteiger partial charge < -0.3 is 9.67 Å². The molecular formula is C6H6N4O. The van der Waals surface area contributed by atoms with Gasteiger partial charge in [-0.25, -0.2) is 0 Å². The van der Waals surface area contributed by atoms with Crippen LogP contribution < -0.4 is 0 Å². The Hall–Kier alpha value is -1.49. The Bertz CT molecular complexity index is 369. The van der Waals surface area contributed by atoms with Crippen LogP contribution in [0.25, 0.3) is 11.0 Å². The van der Waals surface area contributed by atoms with Gasteiger partial charge in [0.05, 0.1) is 11.7 Å². The van der Waals surface area contributed by atoms with Crippen LogP contribution in [0.4, 0.5) is 0 Å². The van der Waals surface area contributed by atoms with Crippen LogP contribution in [0.1, 0.15) is 0 Å². The van der Waals surface area contributed by atoms with Crippen molar-refractivity contribution in [2.45, 2.75) is 6.73 Å². The third-order valence-corrected chi connectivity index (χ3v) is 1.52. The van der Waals surface area contributed by atoms with E-state index in [4.69, 9.17) is 5.11 Å². The summed E-state index contributed by atoms with van der Waals surface area (Å²) >= 11 is 0. The van der Waals surface area contributed by atoms with Crippen LogP contribution in [0.3, 0.4) is 0 Å². The second-order valence-corrected chi connectivity index (χ2v) is 2.13. The highest BCUT2D eigenvalue weighted by Gasteiger charge is 1.99. The van der Waals surface area contributed by atoms with Gasteiger partial charge in [-0.15, -0.1) is 10.2 Å². The first kappa shape index (κ1) is 6.23. The van der Waals surface area contributed by atoms with E-state index in [-0.39, 0.29) is 6.73 Å². The minimum absolute atomic E-state index is 0.0587. The molecule has 0 radical (unpaired) electrons. The molecule has 2 heterocycles. The monoisotopic (exact) mass is 150 g/mol. The molecule has 0 spiro atoms. The van der Waals surface area contributed by atoms with Gasteiger partial charge in [0.25, 0.3) is 0 Å². The summed E-state index contributed by atoms with van der Waals surface area (Å²) in [5, 5.41) is 19.6. The molecule has 0 amide bonds. The molecule has 0 fully saturated rings. The minimum atomic E-state index is -0.0587. The van der Waals surface area contributed by atoms with Crippen molar-refractivity contribution in [3.05, 3.63) is 18.5 Å². The van der Waals surface area contributed by atoms with Gasteiger partial charge in [-0.05, 0) is 11.3 Å². The van der Waals surface area contributed by atoms with E-state index in [9.17, 15) is 0 Å². The zero-order valence-electron chi connectivity index (χ0n) is 5.68. The van der Waals surface area contributed by atoms with E-state index in [0.717, 1.165) is 11.0 Å². The Morgan fingerprint density at radius 1 is 1.55 bits per heavy atom. The van der Waals surface area contributed by atoms with Gasteiger partial charge in [-0.1, -0.05) is 0 Å². The minimum Gasteiger partial charge on any atom is -0.376 e. The highest BCUT2D eigenvalue weighted by Crippen LogP contribution is 2.08. The lowest BCUT2D eigenvalue weighted by Gasteiger charge is -1.95. The maximum Gasteiger partial charge on any atom is 0.119 e. The van der Waals surface area contributed by atoms with Gasteiger partial charge >= 0.3 is 0 Å². The number of nitrogens with zero attached hydrogens (tertiary/aromatic N) is 4. The summed E-state index contributed by atoms with van der Waals surface area (Å²) in [5.74, 6) is 0. The Balaban J connectivity index is 2.76. The summed E-state index contributed by atoms with van der Waals surface area (Å²) in [6.07, 6.45) is 3.31. The predicted octanol–water partition coefficient (Wildman–Crippen LogP) is -0.224. The Morgan fingerprint density at radius 2 is 2.45 bits per heavy atom. The molecule has 0 aliphatic rings. The molecule has 11 heavy (non-hydrogen) atoms. The van der Waals surface area contributed by atoms with Gasteiger partial charge in [0, 0.05) is 6.20 Å². The maximum atomic E-state index is 8.81. The van der Waals surface area contributed by atoms with Crippen molar-refractivity contribution in [1.29, 1.82) is 0 Å². The summed E-state index contributed by atoms with van der Waals surface area (Å²) in [7, 11) is 0. The molecule has 0 saturated heterocycles. The molecule has 56 valence electrons. The highest BCUT2D eigenvalue weighted by atomic mass is 16.3. The van der Waals surface area contributed by atoms with Crippen LogP contribution in [0.5, 0.6) is 0 Å². The third kappa shape index (κ3) is 0.857. The molecule has 0 aromatic carbocycles. The standard InChI is InChI=1S/C6H6N4O/c11-4-10-2-1-5-6(10)3-7-9-8-5/h1-3,11H,4H2. The SMILES string of the molecule is OCn1ccc2nnncc21. The summed E-state index contributed by atoms with van der Waals surface area (Å²) < 4.78 is 1.64. The largest absolute Gasteiger partial charge is 0.376 e. The van der Waals surface area contributed by atoms with E-state index >= 15 is 0 Å². The van der Waals surface area contributed by atoms with Gasteiger partial charge in [-0.3, -0.25) is 0 Å². The number of aliphatic hydroxyl groups is 1. The number of rotatable bonds is 1. The number of fused-ring (bicyclic) bond motifs is 1. The molecule has 5 nitrogen and oxygen atoms in total. The predicted molar refractivity (Wildman–Crippen MR) is 37.5 cm³/mol. The van der Waals surface area contributed by atoms with Crippen LogP contribution >= 0.6 is 0 Å². The van der Waals surface area contributed by atoms with Crippen LogP contribution in [0.2, 0.25) is 0 Å². The molecule has 0 atom stereocenters. The fourth-order valence-corrected chi connectivity index (χ4v) is 0.976. The molecule has 2 rings (SSSR count). The number of hydrogen-bond acceptors (Lipinski definition) is 4. The van der Waals surface area contributed by atoms with Crippen LogP contribution in [-0.4, -0.2) is 25.1 Å². The number of hydrogen-bond donors (Lipinski definition) is 1. The van der Waals surface area contributed by atoms with Gasteiger partial charge in [0.15, 0.2) is 0 Å². The van der Waals surface area contributed by atoms with Crippen molar-refractivity contribution in [2.75, 3.05) is 0 Å². The van der Waals surface area contributed by atoms with Crippen molar-refractivity contribution >= 4 is 11.0 Å². The molecule has 0 aliphatic carbocycles. The zero-order valence-corrected chi connectivity index (χ0v) is 5.68. The summed E-state index contributed by atoms with van der Waals surface area (Å²) in [6, 6.07) is 1.78. The van der Waals surface area contributed by atoms with Crippen LogP contribution in [0.15, 0.2) is 18.5 Å². The van der Waals surface area contributed by atoms with Crippen molar-refractivity contribution < 1.29 is 5.11 Å². The number of aromatic nitrogens is 4. The summed E-state index contributed by atoms with van der Waals surface area (Å²) in [5.41, 5.74) is 1.54.